The SMILES string of the molecule is COc1ccc(OC)c(NC(=O)c2cc(C(=O)Nc3ccc(C)cc3)ccn2)c1. The predicted octanol–water partition coefficient (Wildman–Crippen LogP) is 3.91. The van der Waals surface area contributed by atoms with Crippen LogP contribution in [0.1, 0.15) is 26.4 Å². The smallest absolute Gasteiger partial charge is 0.274 e. The van der Waals surface area contributed by atoms with Gasteiger partial charge in [0.1, 0.15) is 17.2 Å². The molecule has 0 unspecified atom stereocenters. The van der Waals surface area contributed by atoms with Gasteiger partial charge in [0, 0.05) is 23.5 Å². The summed E-state index contributed by atoms with van der Waals surface area (Å²) in [6.07, 6.45) is 1.42. The molecular formula is C22H21N3O4. The number of benzene rings is 2. The molecule has 0 saturated heterocycles. The molecule has 0 fully saturated rings. The maximum absolute atomic E-state index is 12.7. The first-order valence-electron chi connectivity index (χ1n) is 8.87. The molecule has 7 nitrogen and oxygen atoms in total. The maximum Gasteiger partial charge on any atom is 0.274 e. The van der Waals surface area contributed by atoms with Crippen molar-refractivity contribution in [3.05, 3.63) is 77.6 Å². The summed E-state index contributed by atoms with van der Waals surface area (Å²) in [6, 6.07) is 15.5. The zero-order valence-electron chi connectivity index (χ0n) is 16.4. The number of methoxy groups -OCH3 is 2. The van der Waals surface area contributed by atoms with Crippen molar-refractivity contribution in [2.24, 2.45) is 0 Å². The van der Waals surface area contributed by atoms with Gasteiger partial charge in [0.15, 0.2) is 0 Å². The highest BCUT2D eigenvalue weighted by Gasteiger charge is 2.15. The number of rotatable bonds is 6. The number of ether oxygens (including phenoxy) is 2. The molecule has 0 aliphatic rings. The van der Waals surface area contributed by atoms with E-state index in [-0.39, 0.29) is 11.6 Å². The Kier molecular flexibility index (Phi) is 6.09. The van der Waals surface area contributed by atoms with Gasteiger partial charge in [0.25, 0.3) is 11.8 Å². The fourth-order valence-corrected chi connectivity index (χ4v) is 2.63. The van der Waals surface area contributed by atoms with E-state index >= 15 is 0 Å². The Hall–Kier alpha value is -3.87. The number of hydrogen-bond donors (Lipinski definition) is 2. The third-order valence-electron chi connectivity index (χ3n) is 4.22. The van der Waals surface area contributed by atoms with E-state index in [1.165, 1.54) is 26.5 Å². The molecular weight excluding hydrogens is 370 g/mol. The van der Waals surface area contributed by atoms with Gasteiger partial charge in [-0.05, 0) is 43.3 Å². The number of pyridine rings is 1. The van der Waals surface area contributed by atoms with Crippen LogP contribution in [-0.2, 0) is 0 Å². The van der Waals surface area contributed by atoms with Crippen LogP contribution in [0, 0.1) is 6.92 Å². The monoisotopic (exact) mass is 391 g/mol. The van der Waals surface area contributed by atoms with Crippen LogP contribution < -0.4 is 20.1 Å². The normalized spacial score (nSPS) is 10.2. The largest absolute Gasteiger partial charge is 0.497 e. The molecule has 3 rings (SSSR count). The van der Waals surface area contributed by atoms with Gasteiger partial charge in [-0.2, -0.15) is 0 Å². The Balaban J connectivity index is 1.77. The number of hydrogen-bond acceptors (Lipinski definition) is 5. The topological polar surface area (TPSA) is 89.5 Å². The number of aromatic nitrogens is 1. The molecule has 0 bridgehead atoms. The molecule has 0 radical (unpaired) electrons. The molecule has 1 aromatic heterocycles. The Morgan fingerprint density at radius 3 is 2.31 bits per heavy atom. The lowest BCUT2D eigenvalue weighted by Gasteiger charge is -2.12. The van der Waals surface area contributed by atoms with E-state index in [1.807, 2.05) is 31.2 Å². The second-order valence-electron chi connectivity index (χ2n) is 6.27. The van der Waals surface area contributed by atoms with E-state index in [4.69, 9.17) is 9.47 Å². The fourth-order valence-electron chi connectivity index (χ4n) is 2.63. The number of aryl methyl sites for hydroxylation is 1. The summed E-state index contributed by atoms with van der Waals surface area (Å²) in [5, 5.41) is 5.54. The molecule has 1 heterocycles. The van der Waals surface area contributed by atoms with Gasteiger partial charge in [-0.3, -0.25) is 14.6 Å². The second kappa shape index (κ2) is 8.88. The summed E-state index contributed by atoms with van der Waals surface area (Å²) in [4.78, 5) is 29.2. The lowest BCUT2D eigenvalue weighted by Crippen LogP contribution is -2.17. The van der Waals surface area contributed by atoms with E-state index in [1.54, 1.807) is 24.3 Å². The van der Waals surface area contributed by atoms with Gasteiger partial charge in [0.05, 0.1) is 19.9 Å². The number of carbonyl (C=O) groups is 2. The van der Waals surface area contributed by atoms with E-state index in [9.17, 15) is 9.59 Å². The van der Waals surface area contributed by atoms with Crippen LogP contribution in [0.25, 0.3) is 0 Å². The van der Waals surface area contributed by atoms with Gasteiger partial charge in [-0.1, -0.05) is 17.7 Å². The molecule has 148 valence electrons. The van der Waals surface area contributed by atoms with Crippen molar-refractivity contribution in [1.82, 2.24) is 4.98 Å². The highest BCUT2D eigenvalue weighted by atomic mass is 16.5. The minimum absolute atomic E-state index is 0.103. The fraction of sp³-hybridized carbons (Fsp3) is 0.136. The standard InChI is InChI=1S/C22H21N3O4/c1-14-4-6-16(7-5-14)24-21(26)15-10-11-23-19(12-15)22(27)25-18-13-17(28-2)8-9-20(18)29-3/h4-13H,1-3H3,(H,24,26)(H,25,27). The van der Waals surface area contributed by atoms with Crippen LogP contribution in [-0.4, -0.2) is 31.0 Å². The van der Waals surface area contributed by atoms with Crippen molar-refractivity contribution >= 4 is 23.2 Å². The first-order chi connectivity index (χ1) is 14.0. The van der Waals surface area contributed by atoms with Crippen molar-refractivity contribution in [2.45, 2.75) is 6.92 Å². The van der Waals surface area contributed by atoms with Gasteiger partial charge in [0.2, 0.25) is 0 Å². The van der Waals surface area contributed by atoms with Gasteiger partial charge in [-0.25, -0.2) is 0 Å². The number of nitrogens with zero attached hydrogens (tertiary/aromatic N) is 1. The molecule has 0 aliphatic carbocycles. The van der Waals surface area contributed by atoms with E-state index in [0.29, 0.717) is 28.4 Å². The summed E-state index contributed by atoms with van der Waals surface area (Å²) in [5.74, 6) is 0.249. The summed E-state index contributed by atoms with van der Waals surface area (Å²) >= 11 is 0. The van der Waals surface area contributed by atoms with Crippen LogP contribution >= 0.6 is 0 Å². The lowest BCUT2D eigenvalue weighted by molar-refractivity contribution is 0.102. The lowest BCUT2D eigenvalue weighted by atomic mass is 10.2. The summed E-state index contributed by atoms with van der Waals surface area (Å²) in [5.41, 5.74) is 2.63. The highest BCUT2D eigenvalue weighted by Crippen LogP contribution is 2.29. The molecule has 2 aromatic carbocycles. The van der Waals surface area contributed by atoms with Gasteiger partial charge < -0.3 is 20.1 Å². The van der Waals surface area contributed by atoms with E-state index < -0.39 is 5.91 Å². The number of carbonyl (C=O) groups excluding carboxylic acids is 2. The average molecular weight is 391 g/mol. The first kappa shape index (κ1) is 19.9. The average Bonchev–Trinajstić information content (AvgIpc) is 2.75. The summed E-state index contributed by atoms with van der Waals surface area (Å²) in [7, 11) is 3.04. The highest BCUT2D eigenvalue weighted by molar-refractivity contribution is 6.08. The van der Waals surface area contributed by atoms with Crippen molar-refractivity contribution in [3.8, 4) is 11.5 Å². The van der Waals surface area contributed by atoms with Crippen molar-refractivity contribution in [3.63, 3.8) is 0 Å². The minimum atomic E-state index is -0.471. The molecule has 2 amide bonds. The quantitative estimate of drug-likeness (QED) is 0.665. The number of anilines is 2. The van der Waals surface area contributed by atoms with Crippen LogP contribution in [0.3, 0.4) is 0 Å². The Morgan fingerprint density at radius 1 is 0.862 bits per heavy atom. The third-order valence-corrected chi connectivity index (χ3v) is 4.22. The maximum atomic E-state index is 12.7. The van der Waals surface area contributed by atoms with Gasteiger partial charge in [-0.15, -0.1) is 0 Å². The minimum Gasteiger partial charge on any atom is -0.497 e. The van der Waals surface area contributed by atoms with Crippen LogP contribution in [0.5, 0.6) is 11.5 Å². The molecule has 0 spiro atoms. The molecule has 29 heavy (non-hydrogen) atoms. The number of amides is 2. The van der Waals surface area contributed by atoms with Crippen LogP contribution in [0.4, 0.5) is 11.4 Å². The van der Waals surface area contributed by atoms with Crippen molar-refractivity contribution in [2.75, 3.05) is 24.9 Å². The zero-order chi connectivity index (χ0) is 20.8. The first-order valence-corrected chi connectivity index (χ1v) is 8.87. The number of nitrogens with one attached hydrogen (secondary N) is 2. The molecule has 3 aromatic rings. The molecule has 0 aliphatic heterocycles. The van der Waals surface area contributed by atoms with Crippen molar-refractivity contribution < 1.29 is 19.1 Å². The summed E-state index contributed by atoms with van der Waals surface area (Å²) in [6.45, 7) is 1.97. The van der Waals surface area contributed by atoms with E-state index in [2.05, 4.69) is 15.6 Å². The molecule has 0 saturated carbocycles. The van der Waals surface area contributed by atoms with Gasteiger partial charge >= 0.3 is 0 Å². The Morgan fingerprint density at radius 2 is 1.62 bits per heavy atom. The predicted molar refractivity (Wildman–Crippen MR) is 111 cm³/mol. The van der Waals surface area contributed by atoms with Crippen molar-refractivity contribution in [1.29, 1.82) is 0 Å². The Bertz CT molecular complexity index is 1030. The van der Waals surface area contributed by atoms with Crippen LogP contribution in [0.2, 0.25) is 0 Å². The molecule has 0 atom stereocenters. The zero-order valence-corrected chi connectivity index (χ0v) is 16.4. The van der Waals surface area contributed by atoms with E-state index in [0.717, 1.165) is 5.56 Å². The molecule has 2 N–H and O–H groups in total. The second-order valence-corrected chi connectivity index (χ2v) is 6.27. The third kappa shape index (κ3) is 4.90. The summed E-state index contributed by atoms with van der Waals surface area (Å²) < 4.78 is 10.4. The molecule has 7 heteroatoms. The van der Waals surface area contributed by atoms with Crippen LogP contribution in [0.15, 0.2) is 60.8 Å². The Labute approximate surface area is 168 Å².